The number of aldehydes is 1. The number of benzene rings is 1. The van der Waals surface area contributed by atoms with Gasteiger partial charge in [-0.25, -0.2) is 0 Å². The zero-order valence-corrected chi connectivity index (χ0v) is 12.5. The average Bonchev–Trinajstić information content (AvgIpc) is 2.54. The minimum atomic E-state index is -0.317. The highest BCUT2D eigenvalue weighted by atomic mass is 16.5. The van der Waals surface area contributed by atoms with Gasteiger partial charge in [0, 0.05) is 0 Å². The van der Waals surface area contributed by atoms with Crippen LogP contribution in [-0.4, -0.2) is 26.0 Å². The van der Waals surface area contributed by atoms with Crippen molar-refractivity contribution in [1.29, 1.82) is 0 Å². The normalized spacial score (nSPS) is 15.5. The molecule has 0 amide bonds. The molecule has 0 aliphatic heterocycles. The molecule has 4 heteroatoms. The van der Waals surface area contributed by atoms with Gasteiger partial charge < -0.3 is 9.47 Å². The minimum Gasteiger partial charge on any atom is -0.493 e. The zero-order valence-electron chi connectivity index (χ0n) is 12.5. The van der Waals surface area contributed by atoms with E-state index in [0.29, 0.717) is 23.8 Å². The number of hydrogen-bond acceptors (Lipinski definition) is 4. The van der Waals surface area contributed by atoms with Gasteiger partial charge in [0.2, 0.25) is 0 Å². The van der Waals surface area contributed by atoms with Crippen LogP contribution >= 0.6 is 0 Å². The summed E-state index contributed by atoms with van der Waals surface area (Å²) < 4.78 is 10.4. The van der Waals surface area contributed by atoms with Crippen molar-refractivity contribution >= 4 is 12.3 Å². The fourth-order valence-electron chi connectivity index (χ4n) is 2.73. The largest absolute Gasteiger partial charge is 0.493 e. The van der Waals surface area contributed by atoms with Gasteiger partial charge in [-0.2, -0.15) is 0 Å². The molecule has 114 valence electrons. The molecule has 4 nitrogen and oxygen atoms in total. The Morgan fingerprint density at radius 2 is 2.05 bits per heavy atom. The van der Waals surface area contributed by atoms with Gasteiger partial charge in [-0.3, -0.25) is 9.59 Å². The maximum absolute atomic E-state index is 11.3. The molecule has 1 saturated carbocycles. The van der Waals surface area contributed by atoms with Crippen molar-refractivity contribution in [3.05, 3.63) is 29.3 Å². The van der Waals surface area contributed by atoms with E-state index < -0.39 is 0 Å². The van der Waals surface area contributed by atoms with Crippen LogP contribution in [0.1, 0.15) is 48.0 Å². The lowest BCUT2D eigenvalue weighted by molar-refractivity contribution is -0.139. The summed E-state index contributed by atoms with van der Waals surface area (Å²) in [6, 6.07) is 5.27. The molecule has 0 N–H and O–H groups in total. The van der Waals surface area contributed by atoms with Gasteiger partial charge in [-0.1, -0.05) is 25.3 Å². The molecule has 1 aliphatic carbocycles. The van der Waals surface area contributed by atoms with Crippen LogP contribution in [0, 0.1) is 5.92 Å². The molecule has 1 aromatic rings. The number of esters is 1. The lowest BCUT2D eigenvalue weighted by Gasteiger charge is -2.22. The first-order valence-electron chi connectivity index (χ1n) is 7.50. The maximum Gasteiger partial charge on any atom is 0.309 e. The number of rotatable bonds is 6. The third-order valence-corrected chi connectivity index (χ3v) is 3.98. The van der Waals surface area contributed by atoms with Gasteiger partial charge in [-0.15, -0.1) is 0 Å². The number of methoxy groups -OCH3 is 1. The van der Waals surface area contributed by atoms with Crippen LogP contribution in [0.4, 0.5) is 0 Å². The third-order valence-electron chi connectivity index (χ3n) is 3.98. The van der Waals surface area contributed by atoms with Crippen LogP contribution in [0.15, 0.2) is 18.2 Å². The topological polar surface area (TPSA) is 52.6 Å². The molecule has 0 aromatic heterocycles. The van der Waals surface area contributed by atoms with Crippen LogP contribution in [0.3, 0.4) is 0 Å². The summed E-state index contributed by atoms with van der Waals surface area (Å²) >= 11 is 0. The third kappa shape index (κ3) is 4.59. The van der Waals surface area contributed by atoms with Gasteiger partial charge in [0.25, 0.3) is 0 Å². The molecule has 1 aromatic carbocycles. The van der Waals surface area contributed by atoms with E-state index >= 15 is 0 Å². The molecule has 0 atom stereocenters. The molecular weight excluding hydrogens is 268 g/mol. The quantitative estimate of drug-likeness (QED) is 0.596. The van der Waals surface area contributed by atoms with E-state index in [9.17, 15) is 9.59 Å². The van der Waals surface area contributed by atoms with Gasteiger partial charge >= 0.3 is 5.97 Å². The number of ether oxygens (including phenoxy) is 2. The van der Waals surface area contributed by atoms with E-state index in [1.54, 1.807) is 18.2 Å². The molecule has 21 heavy (non-hydrogen) atoms. The van der Waals surface area contributed by atoms with Gasteiger partial charge in [-0.05, 0) is 36.5 Å². The predicted octanol–water partition coefficient (Wildman–Crippen LogP) is 3.17. The first-order chi connectivity index (χ1) is 10.2. The number of carbonyl (C=O) groups excluding carboxylic acids is 2. The van der Waals surface area contributed by atoms with Gasteiger partial charge in [0.1, 0.15) is 5.75 Å². The van der Waals surface area contributed by atoms with Crippen molar-refractivity contribution in [3.63, 3.8) is 0 Å². The smallest absolute Gasteiger partial charge is 0.309 e. The van der Waals surface area contributed by atoms with Crippen molar-refractivity contribution in [3.8, 4) is 5.75 Å². The molecule has 0 unspecified atom stereocenters. The first-order valence-corrected chi connectivity index (χ1v) is 7.50. The summed E-state index contributed by atoms with van der Waals surface area (Å²) in [6.07, 6.45) is 7.21. The lowest BCUT2D eigenvalue weighted by Crippen LogP contribution is -2.16. The molecule has 1 fully saturated rings. The second kappa shape index (κ2) is 7.81. The standard InChI is InChI=1S/C17H22O4/c1-20-17(19)10-14-7-8-16(15(9-14)11-18)21-12-13-5-3-2-4-6-13/h7-9,11,13H,2-6,10,12H2,1H3. The van der Waals surface area contributed by atoms with Crippen LogP contribution in [-0.2, 0) is 16.0 Å². The van der Waals surface area contributed by atoms with Crippen molar-refractivity contribution < 1.29 is 19.1 Å². The van der Waals surface area contributed by atoms with E-state index in [4.69, 9.17) is 4.74 Å². The molecule has 0 radical (unpaired) electrons. The highest BCUT2D eigenvalue weighted by Gasteiger charge is 2.15. The van der Waals surface area contributed by atoms with E-state index in [2.05, 4.69) is 4.74 Å². The van der Waals surface area contributed by atoms with Crippen molar-refractivity contribution in [1.82, 2.24) is 0 Å². The monoisotopic (exact) mass is 290 g/mol. The number of hydrogen-bond donors (Lipinski definition) is 0. The van der Waals surface area contributed by atoms with Crippen LogP contribution in [0.2, 0.25) is 0 Å². The predicted molar refractivity (Wildman–Crippen MR) is 79.6 cm³/mol. The lowest BCUT2D eigenvalue weighted by atomic mass is 9.90. The second-order valence-corrected chi connectivity index (χ2v) is 5.56. The van der Waals surface area contributed by atoms with Crippen LogP contribution in [0.25, 0.3) is 0 Å². The molecule has 0 bridgehead atoms. The fourth-order valence-corrected chi connectivity index (χ4v) is 2.73. The summed E-state index contributed by atoms with van der Waals surface area (Å²) in [7, 11) is 1.35. The Labute approximate surface area is 125 Å². The van der Waals surface area contributed by atoms with Crippen molar-refractivity contribution in [2.45, 2.75) is 38.5 Å². The Morgan fingerprint density at radius 3 is 2.71 bits per heavy atom. The van der Waals surface area contributed by atoms with E-state index in [-0.39, 0.29) is 12.4 Å². The van der Waals surface area contributed by atoms with Crippen LogP contribution < -0.4 is 4.74 Å². The van der Waals surface area contributed by atoms with Gasteiger partial charge in [0.05, 0.1) is 25.7 Å². The SMILES string of the molecule is COC(=O)Cc1ccc(OCC2CCCCC2)c(C=O)c1. The molecule has 0 heterocycles. The van der Waals surface area contributed by atoms with E-state index in [1.165, 1.54) is 39.2 Å². The molecular formula is C17H22O4. The average molecular weight is 290 g/mol. The molecule has 0 saturated heterocycles. The maximum atomic E-state index is 11.3. The Bertz CT molecular complexity index is 490. The zero-order chi connectivity index (χ0) is 15.1. The Kier molecular flexibility index (Phi) is 5.78. The van der Waals surface area contributed by atoms with E-state index in [1.807, 2.05) is 0 Å². The molecule has 2 rings (SSSR count). The van der Waals surface area contributed by atoms with E-state index in [0.717, 1.165) is 11.8 Å². The number of carbonyl (C=O) groups is 2. The Morgan fingerprint density at radius 1 is 1.29 bits per heavy atom. The Balaban J connectivity index is 1.98. The molecule has 1 aliphatic rings. The van der Waals surface area contributed by atoms with Crippen LogP contribution in [0.5, 0.6) is 5.75 Å². The highest BCUT2D eigenvalue weighted by molar-refractivity contribution is 5.81. The van der Waals surface area contributed by atoms with Crippen molar-refractivity contribution in [2.75, 3.05) is 13.7 Å². The van der Waals surface area contributed by atoms with Crippen molar-refractivity contribution in [2.24, 2.45) is 5.92 Å². The second-order valence-electron chi connectivity index (χ2n) is 5.56. The fraction of sp³-hybridized carbons (Fsp3) is 0.529. The minimum absolute atomic E-state index is 0.167. The summed E-state index contributed by atoms with van der Waals surface area (Å²) in [4.78, 5) is 22.4. The highest BCUT2D eigenvalue weighted by Crippen LogP contribution is 2.26. The summed E-state index contributed by atoms with van der Waals surface area (Å²) in [5.74, 6) is 0.875. The summed E-state index contributed by atoms with van der Waals surface area (Å²) in [6.45, 7) is 0.664. The Hall–Kier alpha value is -1.84. The summed E-state index contributed by atoms with van der Waals surface area (Å²) in [5.41, 5.74) is 1.25. The molecule has 0 spiro atoms. The first kappa shape index (κ1) is 15.5. The summed E-state index contributed by atoms with van der Waals surface area (Å²) in [5, 5.41) is 0. The van der Waals surface area contributed by atoms with Gasteiger partial charge in [0.15, 0.2) is 6.29 Å².